The molecule has 0 atom stereocenters. The lowest BCUT2D eigenvalue weighted by Crippen LogP contribution is -2.14. The van der Waals surface area contributed by atoms with Crippen molar-refractivity contribution in [1.82, 2.24) is 0 Å². The summed E-state index contributed by atoms with van der Waals surface area (Å²) in [6, 6.07) is 22.7. The molecule has 3 nitrogen and oxygen atoms in total. The van der Waals surface area contributed by atoms with Gasteiger partial charge in [0.2, 0.25) is 0 Å². The highest BCUT2D eigenvalue weighted by Gasteiger charge is 2.14. The number of anilines is 1. The molecule has 0 spiro atoms. The quantitative estimate of drug-likeness (QED) is 0.704. The number of para-hydroxylation sites is 2. The predicted molar refractivity (Wildman–Crippen MR) is 96.8 cm³/mol. The Morgan fingerprint density at radius 2 is 1.58 bits per heavy atom. The first-order valence-corrected chi connectivity index (χ1v) is 7.84. The van der Waals surface area contributed by atoms with Crippen LogP contribution in [0.2, 0.25) is 0 Å². The molecule has 120 valence electrons. The third-order valence-corrected chi connectivity index (χ3v) is 3.74. The van der Waals surface area contributed by atoms with Gasteiger partial charge < -0.3 is 10.1 Å². The second-order valence-electron chi connectivity index (χ2n) is 5.68. The molecule has 0 aliphatic heterocycles. The molecule has 0 aliphatic rings. The van der Waals surface area contributed by atoms with Crippen molar-refractivity contribution in [2.24, 2.45) is 0 Å². The van der Waals surface area contributed by atoms with E-state index in [2.05, 4.69) is 5.32 Å². The van der Waals surface area contributed by atoms with Crippen LogP contribution in [0.5, 0.6) is 11.5 Å². The zero-order valence-corrected chi connectivity index (χ0v) is 13.7. The maximum Gasteiger partial charge on any atom is 0.259 e. The molecule has 0 saturated carbocycles. The Labute approximate surface area is 141 Å². The molecule has 3 heteroatoms. The average Bonchev–Trinajstić information content (AvgIpc) is 2.59. The van der Waals surface area contributed by atoms with Gasteiger partial charge in [-0.05, 0) is 55.3 Å². The molecule has 1 amide bonds. The SMILES string of the molecule is Cc1ccc(C)c(NC(=O)c2ccccc2Oc2ccccc2)c1. The van der Waals surface area contributed by atoms with Crippen LogP contribution in [-0.4, -0.2) is 5.91 Å². The Balaban J connectivity index is 1.86. The minimum absolute atomic E-state index is 0.185. The minimum atomic E-state index is -0.185. The molecule has 0 radical (unpaired) electrons. The van der Waals surface area contributed by atoms with Gasteiger partial charge in [0.25, 0.3) is 5.91 Å². The van der Waals surface area contributed by atoms with Gasteiger partial charge in [-0.1, -0.05) is 42.5 Å². The van der Waals surface area contributed by atoms with Gasteiger partial charge in [-0.2, -0.15) is 0 Å². The second kappa shape index (κ2) is 7.01. The summed E-state index contributed by atoms with van der Waals surface area (Å²) >= 11 is 0. The Morgan fingerprint density at radius 1 is 0.875 bits per heavy atom. The first-order valence-electron chi connectivity index (χ1n) is 7.84. The molecule has 0 fully saturated rings. The minimum Gasteiger partial charge on any atom is -0.457 e. The summed E-state index contributed by atoms with van der Waals surface area (Å²) in [5.41, 5.74) is 3.44. The molecule has 0 unspecified atom stereocenters. The van der Waals surface area contributed by atoms with E-state index in [1.54, 1.807) is 12.1 Å². The van der Waals surface area contributed by atoms with Crippen LogP contribution < -0.4 is 10.1 Å². The Bertz CT molecular complexity index is 857. The topological polar surface area (TPSA) is 38.3 Å². The number of hydrogen-bond donors (Lipinski definition) is 1. The first-order chi connectivity index (χ1) is 11.6. The van der Waals surface area contributed by atoms with Gasteiger partial charge in [-0.25, -0.2) is 0 Å². The van der Waals surface area contributed by atoms with E-state index in [0.29, 0.717) is 17.1 Å². The fourth-order valence-corrected chi connectivity index (χ4v) is 2.42. The molecule has 0 saturated heterocycles. The molecule has 0 bridgehead atoms. The van der Waals surface area contributed by atoms with E-state index in [-0.39, 0.29) is 5.91 Å². The van der Waals surface area contributed by atoms with Crippen LogP contribution in [0.4, 0.5) is 5.69 Å². The van der Waals surface area contributed by atoms with Crippen molar-refractivity contribution in [3.05, 3.63) is 89.5 Å². The highest BCUT2D eigenvalue weighted by molar-refractivity contribution is 6.06. The molecule has 3 aromatic rings. The number of ether oxygens (including phenoxy) is 1. The number of rotatable bonds is 4. The summed E-state index contributed by atoms with van der Waals surface area (Å²) in [7, 11) is 0. The molecule has 3 aromatic carbocycles. The van der Waals surface area contributed by atoms with E-state index in [0.717, 1.165) is 16.8 Å². The van der Waals surface area contributed by atoms with Gasteiger partial charge in [-0.15, -0.1) is 0 Å². The predicted octanol–water partition coefficient (Wildman–Crippen LogP) is 5.35. The van der Waals surface area contributed by atoms with E-state index >= 15 is 0 Å². The Hall–Kier alpha value is -3.07. The van der Waals surface area contributed by atoms with Crippen molar-refractivity contribution in [3.8, 4) is 11.5 Å². The molecule has 3 rings (SSSR count). The molecule has 24 heavy (non-hydrogen) atoms. The van der Waals surface area contributed by atoms with E-state index in [9.17, 15) is 4.79 Å². The normalized spacial score (nSPS) is 10.2. The number of nitrogens with one attached hydrogen (secondary N) is 1. The summed E-state index contributed by atoms with van der Waals surface area (Å²) in [4.78, 5) is 12.7. The first kappa shape index (κ1) is 15.8. The third-order valence-electron chi connectivity index (χ3n) is 3.74. The van der Waals surface area contributed by atoms with E-state index in [1.807, 2.05) is 74.5 Å². The number of aryl methyl sites for hydroxylation is 2. The summed E-state index contributed by atoms with van der Waals surface area (Å²) in [6.45, 7) is 3.98. The van der Waals surface area contributed by atoms with Gasteiger partial charge in [0, 0.05) is 5.69 Å². The maximum atomic E-state index is 12.7. The van der Waals surface area contributed by atoms with E-state index in [4.69, 9.17) is 4.74 Å². The molecule has 0 aliphatic carbocycles. The van der Waals surface area contributed by atoms with Crippen molar-refractivity contribution in [2.45, 2.75) is 13.8 Å². The summed E-state index contributed by atoms with van der Waals surface area (Å²) in [6.07, 6.45) is 0. The smallest absolute Gasteiger partial charge is 0.259 e. The molecular weight excluding hydrogens is 298 g/mol. The maximum absolute atomic E-state index is 12.7. The highest BCUT2D eigenvalue weighted by Crippen LogP contribution is 2.26. The van der Waals surface area contributed by atoms with Crippen molar-refractivity contribution < 1.29 is 9.53 Å². The second-order valence-corrected chi connectivity index (χ2v) is 5.68. The van der Waals surface area contributed by atoms with E-state index < -0.39 is 0 Å². The lowest BCUT2D eigenvalue weighted by Gasteiger charge is -2.13. The van der Waals surface area contributed by atoms with Gasteiger partial charge in [0.05, 0.1) is 5.56 Å². The van der Waals surface area contributed by atoms with Crippen molar-refractivity contribution in [1.29, 1.82) is 0 Å². The molecule has 0 aromatic heterocycles. The van der Waals surface area contributed by atoms with Gasteiger partial charge in [-0.3, -0.25) is 4.79 Å². The van der Waals surface area contributed by atoms with Crippen molar-refractivity contribution in [2.75, 3.05) is 5.32 Å². The average molecular weight is 317 g/mol. The fraction of sp³-hybridized carbons (Fsp3) is 0.0952. The monoisotopic (exact) mass is 317 g/mol. The van der Waals surface area contributed by atoms with E-state index in [1.165, 1.54) is 0 Å². The van der Waals surface area contributed by atoms with Crippen LogP contribution in [0, 0.1) is 13.8 Å². The summed E-state index contributed by atoms with van der Waals surface area (Å²) in [5.74, 6) is 1.05. The zero-order chi connectivity index (χ0) is 16.9. The largest absolute Gasteiger partial charge is 0.457 e. The summed E-state index contributed by atoms with van der Waals surface area (Å²) in [5, 5.41) is 2.97. The third kappa shape index (κ3) is 3.63. The van der Waals surface area contributed by atoms with Gasteiger partial charge in [0.15, 0.2) is 0 Å². The molecule has 1 N–H and O–H groups in total. The van der Waals surface area contributed by atoms with Crippen LogP contribution in [0.1, 0.15) is 21.5 Å². The number of hydrogen-bond acceptors (Lipinski definition) is 2. The molecular formula is C21H19NO2. The number of carbonyl (C=O) groups excluding carboxylic acids is 1. The number of amides is 1. The van der Waals surface area contributed by atoms with Crippen molar-refractivity contribution >= 4 is 11.6 Å². The zero-order valence-electron chi connectivity index (χ0n) is 13.7. The lowest BCUT2D eigenvalue weighted by molar-refractivity contribution is 0.102. The van der Waals surface area contributed by atoms with Gasteiger partial charge >= 0.3 is 0 Å². The molecule has 0 heterocycles. The highest BCUT2D eigenvalue weighted by atomic mass is 16.5. The Kier molecular flexibility index (Phi) is 4.62. The number of carbonyl (C=O) groups is 1. The summed E-state index contributed by atoms with van der Waals surface area (Å²) < 4.78 is 5.86. The van der Waals surface area contributed by atoms with Crippen LogP contribution in [0.3, 0.4) is 0 Å². The fourth-order valence-electron chi connectivity index (χ4n) is 2.42. The van der Waals surface area contributed by atoms with Crippen LogP contribution in [0.15, 0.2) is 72.8 Å². The standard InChI is InChI=1S/C21H19NO2/c1-15-12-13-16(2)19(14-15)22-21(23)18-10-6-7-11-20(18)24-17-8-4-3-5-9-17/h3-14H,1-2H3,(H,22,23). The lowest BCUT2D eigenvalue weighted by atomic mass is 10.1. The number of benzene rings is 3. The van der Waals surface area contributed by atoms with Crippen LogP contribution in [-0.2, 0) is 0 Å². The van der Waals surface area contributed by atoms with Crippen molar-refractivity contribution in [3.63, 3.8) is 0 Å². The van der Waals surface area contributed by atoms with Gasteiger partial charge in [0.1, 0.15) is 11.5 Å². The van der Waals surface area contributed by atoms with Crippen LogP contribution in [0.25, 0.3) is 0 Å². The Morgan fingerprint density at radius 3 is 2.38 bits per heavy atom. The van der Waals surface area contributed by atoms with Crippen LogP contribution >= 0.6 is 0 Å².